The molecule has 31 heavy (non-hydrogen) atoms. The van der Waals surface area contributed by atoms with Gasteiger partial charge in [-0.05, 0) is 62.0 Å². The molecule has 1 aromatic carbocycles. The number of aliphatic carboxylic acids is 1. The SMILES string of the molecule is N=C(N)NOCCCOc1ccc(C[C@H](NS(=O)(=O)c2cc(Br)c(Br)s2)C(=O)O)cc1. The number of rotatable bonds is 12. The Morgan fingerprint density at radius 2 is 1.94 bits per heavy atom. The largest absolute Gasteiger partial charge is 0.494 e. The summed E-state index contributed by atoms with van der Waals surface area (Å²) in [4.78, 5) is 16.5. The van der Waals surface area contributed by atoms with Gasteiger partial charge in [-0.15, -0.1) is 11.3 Å². The first-order valence-corrected chi connectivity index (χ1v) is 12.6. The second-order valence-electron chi connectivity index (χ2n) is 6.11. The highest BCUT2D eigenvalue weighted by molar-refractivity contribution is 9.13. The number of carboxylic acid groups (broad SMARTS) is 1. The maximum absolute atomic E-state index is 12.5. The van der Waals surface area contributed by atoms with E-state index in [1.54, 1.807) is 24.3 Å². The standard InChI is InChI=1S/C17H20Br2N4O6S2/c18-12-9-14(30-15(12)19)31(26,27)23-13(16(24)25)8-10-2-4-11(5-3-10)28-6-1-7-29-22-17(20)21/h2-5,9,13,23H,1,6-8H2,(H,24,25)(H4,20,21,22)/t13-/m0/s1. The van der Waals surface area contributed by atoms with Crippen LogP contribution in [-0.4, -0.2) is 44.7 Å². The van der Waals surface area contributed by atoms with Gasteiger partial charge in [-0.3, -0.25) is 15.0 Å². The second kappa shape index (κ2) is 11.8. The number of nitrogens with two attached hydrogens (primary N) is 1. The average Bonchev–Trinajstić information content (AvgIpc) is 3.04. The van der Waals surface area contributed by atoms with Crippen molar-refractivity contribution in [2.45, 2.75) is 23.1 Å². The third-order valence-corrected chi connectivity index (χ3v) is 8.89. The van der Waals surface area contributed by atoms with E-state index in [-0.39, 0.29) is 16.6 Å². The minimum absolute atomic E-state index is 0.00345. The molecule has 0 bridgehead atoms. The van der Waals surface area contributed by atoms with Crippen LogP contribution in [0.2, 0.25) is 0 Å². The number of carboxylic acids is 1. The number of halogens is 2. The van der Waals surface area contributed by atoms with Gasteiger partial charge in [0.1, 0.15) is 16.0 Å². The minimum Gasteiger partial charge on any atom is -0.494 e. The van der Waals surface area contributed by atoms with Gasteiger partial charge in [0, 0.05) is 10.9 Å². The van der Waals surface area contributed by atoms with Crippen molar-refractivity contribution < 1.29 is 27.9 Å². The van der Waals surface area contributed by atoms with Crippen LogP contribution in [0, 0.1) is 5.41 Å². The second-order valence-corrected chi connectivity index (χ2v) is 11.3. The predicted octanol–water partition coefficient (Wildman–Crippen LogP) is 2.43. The molecule has 170 valence electrons. The molecule has 0 saturated carbocycles. The highest BCUT2D eigenvalue weighted by atomic mass is 79.9. The fourth-order valence-electron chi connectivity index (χ4n) is 2.29. The van der Waals surface area contributed by atoms with E-state index < -0.39 is 22.0 Å². The van der Waals surface area contributed by atoms with Crippen molar-refractivity contribution in [2.24, 2.45) is 5.73 Å². The molecular weight excluding hydrogens is 580 g/mol. The molecule has 10 nitrogen and oxygen atoms in total. The van der Waals surface area contributed by atoms with Crippen LogP contribution in [0.15, 0.2) is 42.8 Å². The van der Waals surface area contributed by atoms with Gasteiger partial charge in [0.25, 0.3) is 10.0 Å². The fourth-order valence-corrected chi connectivity index (χ4v) is 6.32. The van der Waals surface area contributed by atoms with E-state index in [4.69, 9.17) is 20.7 Å². The topological polar surface area (TPSA) is 164 Å². The number of hydrogen-bond acceptors (Lipinski definition) is 7. The van der Waals surface area contributed by atoms with Gasteiger partial charge in [0.05, 0.1) is 17.0 Å². The molecule has 0 spiro atoms. The third kappa shape index (κ3) is 8.38. The van der Waals surface area contributed by atoms with Crippen molar-refractivity contribution in [3.05, 3.63) is 44.2 Å². The van der Waals surface area contributed by atoms with Gasteiger partial charge < -0.3 is 15.6 Å². The maximum atomic E-state index is 12.5. The first-order chi connectivity index (χ1) is 14.6. The van der Waals surface area contributed by atoms with Crippen molar-refractivity contribution in [3.63, 3.8) is 0 Å². The summed E-state index contributed by atoms with van der Waals surface area (Å²) in [5.41, 5.74) is 7.92. The van der Waals surface area contributed by atoms with Crippen LogP contribution < -0.4 is 20.7 Å². The van der Waals surface area contributed by atoms with E-state index in [1.807, 2.05) is 0 Å². The minimum atomic E-state index is -3.99. The molecule has 0 fully saturated rings. The Labute approximate surface area is 199 Å². The summed E-state index contributed by atoms with van der Waals surface area (Å²) >= 11 is 7.42. The lowest BCUT2D eigenvalue weighted by molar-refractivity contribution is -0.138. The van der Waals surface area contributed by atoms with E-state index in [9.17, 15) is 18.3 Å². The van der Waals surface area contributed by atoms with Crippen molar-refractivity contribution in [1.29, 1.82) is 5.41 Å². The Kier molecular flexibility index (Phi) is 9.71. The summed E-state index contributed by atoms with van der Waals surface area (Å²) < 4.78 is 34.0. The van der Waals surface area contributed by atoms with Crippen LogP contribution in [0.5, 0.6) is 5.75 Å². The van der Waals surface area contributed by atoms with E-state index in [0.29, 0.717) is 39.2 Å². The summed E-state index contributed by atoms with van der Waals surface area (Å²) in [5.74, 6) is -0.989. The maximum Gasteiger partial charge on any atom is 0.322 e. The number of benzene rings is 1. The summed E-state index contributed by atoms with van der Waals surface area (Å²) in [6.07, 6.45) is 0.521. The van der Waals surface area contributed by atoms with Gasteiger partial charge >= 0.3 is 5.97 Å². The van der Waals surface area contributed by atoms with Crippen LogP contribution >= 0.6 is 43.2 Å². The molecule has 14 heteroatoms. The van der Waals surface area contributed by atoms with Crippen molar-refractivity contribution in [2.75, 3.05) is 13.2 Å². The molecule has 2 aromatic rings. The monoisotopic (exact) mass is 598 g/mol. The lowest BCUT2D eigenvalue weighted by Crippen LogP contribution is -2.42. The molecule has 0 unspecified atom stereocenters. The average molecular weight is 600 g/mol. The van der Waals surface area contributed by atoms with Crippen molar-refractivity contribution in [1.82, 2.24) is 10.2 Å². The van der Waals surface area contributed by atoms with E-state index in [2.05, 4.69) is 42.1 Å². The molecule has 0 aliphatic heterocycles. The summed E-state index contributed by atoms with van der Waals surface area (Å²) in [6.45, 7) is 0.665. The van der Waals surface area contributed by atoms with Gasteiger partial charge in [-0.1, -0.05) is 12.1 Å². The number of guanidine groups is 1. The zero-order valence-corrected chi connectivity index (χ0v) is 20.7. The van der Waals surface area contributed by atoms with Gasteiger partial charge in [0.15, 0.2) is 0 Å². The highest BCUT2D eigenvalue weighted by Gasteiger charge is 2.27. The third-order valence-electron chi connectivity index (χ3n) is 3.69. The highest BCUT2D eigenvalue weighted by Crippen LogP contribution is 2.34. The number of hydrogen-bond donors (Lipinski definition) is 5. The van der Waals surface area contributed by atoms with Crippen LogP contribution in [0.4, 0.5) is 0 Å². The zero-order chi connectivity index (χ0) is 23.0. The molecule has 1 atom stereocenters. The Morgan fingerprint density at radius 3 is 2.48 bits per heavy atom. The predicted molar refractivity (Wildman–Crippen MR) is 123 cm³/mol. The number of sulfonamides is 1. The van der Waals surface area contributed by atoms with Crippen LogP contribution in [0.3, 0.4) is 0 Å². The van der Waals surface area contributed by atoms with Crippen LogP contribution in [0.1, 0.15) is 12.0 Å². The number of thiophene rings is 1. The van der Waals surface area contributed by atoms with Crippen LogP contribution in [-0.2, 0) is 26.1 Å². The van der Waals surface area contributed by atoms with Crippen LogP contribution in [0.25, 0.3) is 0 Å². The van der Waals surface area contributed by atoms with Crippen molar-refractivity contribution >= 4 is 65.1 Å². The molecule has 0 aliphatic carbocycles. The lowest BCUT2D eigenvalue weighted by atomic mass is 10.1. The number of ether oxygens (including phenoxy) is 1. The molecule has 0 amide bonds. The number of carbonyl (C=O) groups is 1. The van der Waals surface area contributed by atoms with E-state index in [1.165, 1.54) is 6.07 Å². The molecule has 6 N–H and O–H groups in total. The number of nitrogens with one attached hydrogen (secondary N) is 3. The lowest BCUT2D eigenvalue weighted by Gasteiger charge is -2.14. The Bertz CT molecular complexity index is 995. The first kappa shape index (κ1) is 25.5. The molecule has 0 saturated heterocycles. The van der Waals surface area contributed by atoms with Crippen molar-refractivity contribution in [3.8, 4) is 5.75 Å². The first-order valence-electron chi connectivity index (χ1n) is 8.72. The normalized spacial score (nSPS) is 12.3. The fraction of sp³-hybridized carbons (Fsp3) is 0.294. The molecule has 2 rings (SSSR count). The summed E-state index contributed by atoms with van der Waals surface area (Å²) in [7, 11) is -3.99. The Balaban J connectivity index is 1.91. The number of hydroxylamine groups is 1. The molecule has 1 heterocycles. The summed E-state index contributed by atoms with van der Waals surface area (Å²) in [6, 6.07) is 6.76. The Morgan fingerprint density at radius 1 is 1.26 bits per heavy atom. The Hall–Kier alpha value is -1.71. The molecule has 1 aromatic heterocycles. The van der Waals surface area contributed by atoms with Gasteiger partial charge in [0.2, 0.25) is 5.96 Å². The smallest absolute Gasteiger partial charge is 0.322 e. The van der Waals surface area contributed by atoms with Gasteiger partial charge in [-0.25, -0.2) is 13.9 Å². The molecule has 0 radical (unpaired) electrons. The van der Waals surface area contributed by atoms with E-state index in [0.717, 1.165) is 11.3 Å². The van der Waals surface area contributed by atoms with E-state index >= 15 is 0 Å². The zero-order valence-electron chi connectivity index (χ0n) is 15.9. The molecule has 0 aliphatic rings. The quantitative estimate of drug-likeness (QED) is 0.107. The summed E-state index contributed by atoms with van der Waals surface area (Å²) in [5, 5.41) is 16.4. The van der Waals surface area contributed by atoms with Gasteiger partial charge in [-0.2, -0.15) is 4.72 Å². The molecular formula is C17H20Br2N4O6S2.